The Bertz CT molecular complexity index is 525. The first-order valence-electron chi connectivity index (χ1n) is 9.45. The third-order valence-corrected chi connectivity index (χ3v) is 5.17. The summed E-state index contributed by atoms with van der Waals surface area (Å²) in [5, 5.41) is 10.5. The van der Waals surface area contributed by atoms with Crippen molar-refractivity contribution < 1.29 is 14.3 Å². The van der Waals surface area contributed by atoms with Gasteiger partial charge in [0.1, 0.15) is 25.0 Å². The van der Waals surface area contributed by atoms with Crippen molar-refractivity contribution in [1.82, 2.24) is 0 Å². The van der Waals surface area contributed by atoms with Gasteiger partial charge < -0.3 is 14.3 Å². The molecule has 1 atom stereocenters. The Balaban J connectivity index is 1.97. The molecule has 0 saturated carbocycles. The van der Waals surface area contributed by atoms with E-state index in [2.05, 4.69) is 46.9 Å². The molecule has 1 aromatic rings. The Morgan fingerprint density at radius 1 is 1.12 bits per heavy atom. The van der Waals surface area contributed by atoms with Crippen LogP contribution in [-0.4, -0.2) is 49.0 Å². The van der Waals surface area contributed by atoms with Crippen LogP contribution >= 0.6 is 0 Å². The first-order valence-corrected chi connectivity index (χ1v) is 9.45. The molecule has 0 spiro atoms. The van der Waals surface area contributed by atoms with Crippen LogP contribution < -0.4 is 4.74 Å². The molecule has 3 nitrogen and oxygen atoms in total. The zero-order valence-corrected chi connectivity index (χ0v) is 16.3. The smallest absolute Gasteiger partial charge is 0.137 e. The second kappa shape index (κ2) is 7.88. The Morgan fingerprint density at radius 3 is 2.33 bits per heavy atom. The Hall–Kier alpha value is -1.06. The van der Waals surface area contributed by atoms with Gasteiger partial charge in [0.15, 0.2) is 0 Å². The number of aliphatic hydroxyl groups is 1. The molecular weight excluding hydrogens is 298 g/mol. The van der Waals surface area contributed by atoms with Crippen molar-refractivity contribution in [2.24, 2.45) is 0 Å². The summed E-state index contributed by atoms with van der Waals surface area (Å²) < 4.78 is 7.01. The molecule has 1 unspecified atom stereocenters. The second-order valence-corrected chi connectivity index (χ2v) is 8.88. The van der Waals surface area contributed by atoms with Crippen LogP contribution in [0, 0.1) is 6.92 Å². The Labute approximate surface area is 148 Å². The predicted octanol–water partition coefficient (Wildman–Crippen LogP) is 4.05. The summed E-state index contributed by atoms with van der Waals surface area (Å²) in [6, 6.07) is 6.33. The summed E-state index contributed by atoms with van der Waals surface area (Å²) in [6.45, 7) is 12.2. The third-order valence-electron chi connectivity index (χ3n) is 5.17. The normalized spacial score (nSPS) is 19.6. The highest BCUT2D eigenvalue weighted by molar-refractivity contribution is 5.41. The monoisotopic (exact) mass is 334 g/mol. The van der Waals surface area contributed by atoms with Gasteiger partial charge in [0, 0.05) is 0 Å². The molecule has 0 bridgehead atoms. The van der Waals surface area contributed by atoms with Crippen molar-refractivity contribution in [2.45, 2.75) is 64.9 Å². The van der Waals surface area contributed by atoms with E-state index in [4.69, 9.17) is 4.74 Å². The summed E-state index contributed by atoms with van der Waals surface area (Å²) in [5.74, 6) is 0.908. The number of quaternary nitrogens is 1. The molecule has 1 fully saturated rings. The topological polar surface area (TPSA) is 29.5 Å². The van der Waals surface area contributed by atoms with Gasteiger partial charge in [0.05, 0.1) is 20.1 Å². The van der Waals surface area contributed by atoms with E-state index in [9.17, 15) is 5.11 Å². The van der Waals surface area contributed by atoms with Gasteiger partial charge in [0.2, 0.25) is 0 Å². The fourth-order valence-corrected chi connectivity index (χ4v) is 3.74. The molecule has 0 aromatic heterocycles. The third kappa shape index (κ3) is 5.49. The highest BCUT2D eigenvalue weighted by Crippen LogP contribution is 2.32. The lowest BCUT2D eigenvalue weighted by Gasteiger charge is -2.35. The highest BCUT2D eigenvalue weighted by atomic mass is 16.5. The van der Waals surface area contributed by atoms with Gasteiger partial charge in [-0.3, -0.25) is 0 Å². The number of hydrogen-bond acceptors (Lipinski definition) is 2. The maximum absolute atomic E-state index is 10.5. The van der Waals surface area contributed by atoms with Crippen molar-refractivity contribution >= 4 is 0 Å². The van der Waals surface area contributed by atoms with Crippen molar-refractivity contribution in [3.8, 4) is 5.75 Å². The van der Waals surface area contributed by atoms with Crippen LogP contribution in [0.15, 0.2) is 18.2 Å². The number of benzene rings is 1. The minimum atomic E-state index is -0.415. The number of hydrogen-bond donors (Lipinski definition) is 1. The molecule has 0 aliphatic carbocycles. The molecule has 1 saturated heterocycles. The second-order valence-electron chi connectivity index (χ2n) is 8.88. The number of likely N-dealkylation sites (N-methyl/N-ethyl adjacent to an activating group) is 1. The van der Waals surface area contributed by atoms with Gasteiger partial charge >= 0.3 is 0 Å². The summed E-state index contributed by atoms with van der Waals surface area (Å²) in [6.07, 6.45) is 4.80. The van der Waals surface area contributed by atoms with Crippen LogP contribution in [0.4, 0.5) is 0 Å². The maximum atomic E-state index is 10.5. The fraction of sp³-hybridized carbons (Fsp3) is 0.714. The fourth-order valence-electron chi connectivity index (χ4n) is 3.74. The van der Waals surface area contributed by atoms with E-state index >= 15 is 0 Å². The molecule has 2 rings (SSSR count). The number of aryl methyl sites for hydroxylation is 1. The molecule has 0 radical (unpaired) electrons. The molecule has 1 aromatic carbocycles. The lowest BCUT2D eigenvalue weighted by Crippen LogP contribution is -2.50. The van der Waals surface area contributed by atoms with E-state index in [1.54, 1.807) is 0 Å². The van der Waals surface area contributed by atoms with E-state index in [1.165, 1.54) is 49.9 Å². The highest BCUT2D eigenvalue weighted by Gasteiger charge is 2.27. The Morgan fingerprint density at radius 2 is 1.75 bits per heavy atom. The number of likely N-dealkylation sites (tertiary alicyclic amines) is 1. The van der Waals surface area contributed by atoms with Gasteiger partial charge in [-0.25, -0.2) is 0 Å². The lowest BCUT2D eigenvalue weighted by atomic mass is 9.85. The predicted molar refractivity (Wildman–Crippen MR) is 101 cm³/mol. The van der Waals surface area contributed by atoms with E-state index in [0.717, 1.165) is 16.8 Å². The number of aliphatic hydroxyl groups excluding tert-OH is 1. The number of rotatable bonds is 5. The largest absolute Gasteiger partial charge is 0.490 e. The zero-order valence-electron chi connectivity index (χ0n) is 16.3. The first-order chi connectivity index (χ1) is 11.2. The van der Waals surface area contributed by atoms with Crippen molar-refractivity contribution in [1.29, 1.82) is 0 Å². The SMILES string of the molecule is Cc1ccc(OCC(O)C[N+]2(C)CCCCCC2)c(C(C)(C)C)c1. The van der Waals surface area contributed by atoms with Gasteiger partial charge in [-0.2, -0.15) is 0 Å². The number of nitrogens with zero attached hydrogens (tertiary/aromatic N) is 1. The van der Waals surface area contributed by atoms with Crippen molar-refractivity contribution in [3.05, 3.63) is 29.3 Å². The molecule has 1 N–H and O–H groups in total. The van der Waals surface area contributed by atoms with E-state index in [1.807, 2.05) is 6.07 Å². The van der Waals surface area contributed by atoms with E-state index in [0.29, 0.717) is 6.61 Å². The summed E-state index contributed by atoms with van der Waals surface area (Å²) in [5.41, 5.74) is 2.50. The average Bonchev–Trinajstić information content (AvgIpc) is 2.69. The molecule has 1 heterocycles. The van der Waals surface area contributed by atoms with Gasteiger partial charge in [-0.05, 0) is 49.7 Å². The molecule has 0 amide bonds. The van der Waals surface area contributed by atoms with E-state index in [-0.39, 0.29) is 5.41 Å². The quantitative estimate of drug-likeness (QED) is 0.823. The lowest BCUT2D eigenvalue weighted by molar-refractivity contribution is -0.911. The minimum Gasteiger partial charge on any atom is -0.490 e. The molecule has 1 aliphatic heterocycles. The van der Waals surface area contributed by atoms with Crippen LogP contribution in [0.2, 0.25) is 0 Å². The van der Waals surface area contributed by atoms with Crippen LogP contribution in [0.1, 0.15) is 57.6 Å². The average molecular weight is 335 g/mol. The van der Waals surface area contributed by atoms with Crippen LogP contribution in [-0.2, 0) is 5.41 Å². The first kappa shape index (κ1) is 19.3. The summed E-state index contributed by atoms with van der Waals surface area (Å²) in [7, 11) is 2.28. The Kier molecular flexibility index (Phi) is 6.33. The van der Waals surface area contributed by atoms with Crippen LogP contribution in [0.5, 0.6) is 5.75 Å². The van der Waals surface area contributed by atoms with E-state index < -0.39 is 6.10 Å². The number of ether oxygens (including phenoxy) is 1. The molecular formula is C21H36NO2+. The molecule has 3 heteroatoms. The van der Waals surface area contributed by atoms with Crippen LogP contribution in [0.25, 0.3) is 0 Å². The van der Waals surface area contributed by atoms with Gasteiger partial charge in [0.25, 0.3) is 0 Å². The van der Waals surface area contributed by atoms with Gasteiger partial charge in [-0.15, -0.1) is 0 Å². The molecule has 136 valence electrons. The maximum Gasteiger partial charge on any atom is 0.137 e. The minimum absolute atomic E-state index is 0.0373. The molecule has 24 heavy (non-hydrogen) atoms. The standard InChI is InChI=1S/C21H36NO2/c1-17-10-11-20(19(14-17)21(2,3)4)24-16-18(23)15-22(5)12-8-6-7-9-13-22/h10-11,14,18,23H,6-9,12-13,15-16H2,1-5H3/q+1. The molecule has 1 aliphatic rings. The van der Waals surface area contributed by atoms with Crippen molar-refractivity contribution in [3.63, 3.8) is 0 Å². The zero-order chi connectivity index (χ0) is 17.8. The summed E-state index contributed by atoms with van der Waals surface area (Å²) >= 11 is 0. The summed E-state index contributed by atoms with van der Waals surface area (Å²) in [4.78, 5) is 0. The van der Waals surface area contributed by atoms with Gasteiger partial charge in [-0.1, -0.05) is 38.5 Å². The van der Waals surface area contributed by atoms with Crippen molar-refractivity contribution in [2.75, 3.05) is 33.3 Å². The van der Waals surface area contributed by atoms with Crippen LogP contribution in [0.3, 0.4) is 0 Å².